The van der Waals surface area contributed by atoms with Gasteiger partial charge in [-0.3, -0.25) is 0 Å². The molecule has 0 N–H and O–H groups in total. The quantitative estimate of drug-likeness (QED) is 0.136. The van der Waals surface area contributed by atoms with Crippen molar-refractivity contribution in [3.05, 3.63) is 59.7 Å². The van der Waals surface area contributed by atoms with Crippen LogP contribution in [0.15, 0.2) is 58.3 Å². The molecule has 0 spiro atoms. The fraction of sp³-hybridized carbons (Fsp3) is 0.647. The Labute approximate surface area is 246 Å². The van der Waals surface area contributed by atoms with Gasteiger partial charge in [0, 0.05) is 0 Å². The second kappa shape index (κ2) is 18.0. The van der Waals surface area contributed by atoms with Crippen LogP contribution in [-0.2, 0) is 19.7 Å². The van der Waals surface area contributed by atoms with Crippen LogP contribution in [-0.4, -0.2) is 28.3 Å². The first kappa shape index (κ1) is 34.5. The molecule has 2 rings (SSSR count). The van der Waals surface area contributed by atoms with Crippen LogP contribution in [0.4, 0.5) is 0 Å². The average Bonchev–Trinajstić information content (AvgIpc) is 2.95. The number of hydrogen-bond donors (Lipinski definition) is 0. The van der Waals surface area contributed by atoms with E-state index < -0.39 is 19.7 Å². The molecule has 6 heteroatoms. The predicted molar refractivity (Wildman–Crippen MR) is 170 cm³/mol. The van der Waals surface area contributed by atoms with Crippen molar-refractivity contribution in [2.45, 2.75) is 139 Å². The van der Waals surface area contributed by atoms with Crippen LogP contribution in [0.5, 0.6) is 0 Å². The lowest BCUT2D eigenvalue weighted by Gasteiger charge is -2.18. The third kappa shape index (κ3) is 11.3. The highest BCUT2D eigenvalue weighted by molar-refractivity contribution is 7.91. The van der Waals surface area contributed by atoms with E-state index in [-0.39, 0.29) is 11.5 Å². The molecule has 0 heterocycles. The Balaban J connectivity index is 2.02. The largest absolute Gasteiger partial charge is 0.224 e. The molecule has 0 aliphatic heterocycles. The highest BCUT2D eigenvalue weighted by Gasteiger charge is 2.20. The molecular formula is C34H54O4S2. The summed E-state index contributed by atoms with van der Waals surface area (Å²) >= 11 is 0. The molecule has 40 heavy (non-hydrogen) atoms. The van der Waals surface area contributed by atoms with Crippen LogP contribution < -0.4 is 0 Å². The van der Waals surface area contributed by atoms with Gasteiger partial charge in [-0.25, -0.2) is 16.8 Å². The van der Waals surface area contributed by atoms with E-state index in [1.807, 2.05) is 24.3 Å². The first-order chi connectivity index (χ1) is 19.2. The smallest absolute Gasteiger partial charge is 0.178 e. The predicted octanol–water partition coefficient (Wildman–Crippen LogP) is 9.64. The third-order valence-electron chi connectivity index (χ3n) is 8.04. The van der Waals surface area contributed by atoms with Crippen molar-refractivity contribution in [1.29, 1.82) is 0 Å². The van der Waals surface area contributed by atoms with Gasteiger partial charge in [0.25, 0.3) is 0 Å². The van der Waals surface area contributed by atoms with E-state index in [4.69, 9.17) is 0 Å². The summed E-state index contributed by atoms with van der Waals surface area (Å²) in [5.74, 6) is 0.708. The lowest BCUT2D eigenvalue weighted by molar-refractivity contribution is 0.528. The van der Waals surface area contributed by atoms with E-state index in [0.29, 0.717) is 34.5 Å². The zero-order valence-electron chi connectivity index (χ0n) is 25.5. The summed E-state index contributed by atoms with van der Waals surface area (Å²) in [6.07, 6.45) is 14.2. The Morgan fingerprint density at radius 3 is 1.25 bits per heavy atom. The number of sulfone groups is 2. The van der Waals surface area contributed by atoms with Crippen LogP contribution in [0.1, 0.15) is 141 Å². The normalized spacial score (nSPS) is 13.8. The Morgan fingerprint density at radius 1 is 0.500 bits per heavy atom. The van der Waals surface area contributed by atoms with Gasteiger partial charge in [-0.1, -0.05) is 103 Å². The molecule has 0 fully saturated rings. The van der Waals surface area contributed by atoms with Crippen LogP contribution >= 0.6 is 0 Å². The van der Waals surface area contributed by atoms with Gasteiger partial charge in [0.2, 0.25) is 0 Å². The summed E-state index contributed by atoms with van der Waals surface area (Å²) in [7, 11) is -6.94. The first-order valence-electron chi connectivity index (χ1n) is 15.8. The van der Waals surface area contributed by atoms with Gasteiger partial charge in [-0.05, 0) is 85.8 Å². The highest BCUT2D eigenvalue weighted by atomic mass is 32.2. The minimum absolute atomic E-state index is 0.0315. The minimum atomic E-state index is -3.47. The lowest BCUT2D eigenvalue weighted by Crippen LogP contribution is -2.12. The minimum Gasteiger partial charge on any atom is -0.224 e. The van der Waals surface area contributed by atoms with Crippen molar-refractivity contribution < 1.29 is 16.8 Å². The van der Waals surface area contributed by atoms with Crippen molar-refractivity contribution in [3.63, 3.8) is 0 Å². The zero-order valence-corrected chi connectivity index (χ0v) is 27.2. The Bertz CT molecular complexity index is 1110. The van der Waals surface area contributed by atoms with Crippen LogP contribution in [0, 0.1) is 0 Å². The maximum atomic E-state index is 13.2. The summed E-state index contributed by atoms with van der Waals surface area (Å²) in [6, 6.07) is 14.9. The molecule has 2 aromatic carbocycles. The monoisotopic (exact) mass is 590 g/mol. The number of hydrogen-bond acceptors (Lipinski definition) is 4. The maximum Gasteiger partial charge on any atom is 0.178 e. The molecule has 0 saturated heterocycles. The van der Waals surface area contributed by atoms with E-state index in [1.165, 1.54) is 25.7 Å². The van der Waals surface area contributed by atoms with Crippen LogP contribution in [0.2, 0.25) is 0 Å². The molecule has 0 aliphatic carbocycles. The van der Waals surface area contributed by atoms with Gasteiger partial charge in [0.1, 0.15) is 0 Å². The zero-order chi connectivity index (χ0) is 29.4. The van der Waals surface area contributed by atoms with E-state index in [0.717, 1.165) is 62.5 Å². The summed E-state index contributed by atoms with van der Waals surface area (Å²) in [6.45, 7) is 8.75. The number of benzene rings is 2. The molecule has 0 saturated carbocycles. The van der Waals surface area contributed by atoms with Gasteiger partial charge in [-0.15, -0.1) is 0 Å². The third-order valence-corrected chi connectivity index (χ3v) is 11.6. The number of rotatable bonds is 21. The van der Waals surface area contributed by atoms with Crippen LogP contribution in [0.25, 0.3) is 0 Å². The summed E-state index contributed by atoms with van der Waals surface area (Å²) < 4.78 is 52.6. The average molecular weight is 591 g/mol. The number of unbranched alkanes of at least 4 members (excludes halogenated alkanes) is 5. The second-order valence-corrected chi connectivity index (χ2v) is 15.7. The SMILES string of the molecule is CCCCCC(CCC)c1cccc(S(=O)(=O)CCCCS(=O)(=O)c2cccc(C(CCC)CCCCC)c2)c1. The molecule has 226 valence electrons. The molecular weight excluding hydrogens is 537 g/mol. The standard InChI is InChI=1S/C34H54O4S2/c1-5-9-11-19-29(17-7-3)31-21-15-23-33(27-31)39(35,36)25-13-14-26-40(37,38)34-24-16-22-32(28-34)30(18-8-4)20-12-10-6-2/h15-16,21-24,27-30H,5-14,17-20,25-26H2,1-4H3. The molecule has 2 unspecified atom stereocenters. The molecule has 2 aromatic rings. The van der Waals surface area contributed by atoms with Crippen molar-refractivity contribution >= 4 is 19.7 Å². The van der Waals surface area contributed by atoms with Crippen LogP contribution in [0.3, 0.4) is 0 Å². The highest BCUT2D eigenvalue weighted by Crippen LogP contribution is 2.31. The molecule has 0 aliphatic rings. The maximum absolute atomic E-state index is 13.2. The summed E-state index contributed by atoms with van der Waals surface area (Å²) in [5, 5.41) is 0. The van der Waals surface area contributed by atoms with Crippen molar-refractivity contribution in [1.82, 2.24) is 0 Å². The van der Waals surface area contributed by atoms with Gasteiger partial charge < -0.3 is 0 Å². The fourth-order valence-corrected chi connectivity index (χ4v) is 8.52. The topological polar surface area (TPSA) is 68.3 Å². The van der Waals surface area contributed by atoms with E-state index in [9.17, 15) is 16.8 Å². The summed E-state index contributed by atoms with van der Waals surface area (Å²) in [4.78, 5) is 0.726. The lowest BCUT2D eigenvalue weighted by atomic mass is 9.89. The first-order valence-corrected chi connectivity index (χ1v) is 19.1. The Kier molecular flexibility index (Phi) is 15.5. The van der Waals surface area contributed by atoms with Gasteiger partial charge >= 0.3 is 0 Å². The molecule has 2 atom stereocenters. The second-order valence-electron chi connectivity index (χ2n) is 11.5. The van der Waals surface area contributed by atoms with Gasteiger partial charge in [0.15, 0.2) is 19.7 Å². The van der Waals surface area contributed by atoms with Crippen molar-refractivity contribution in [2.75, 3.05) is 11.5 Å². The fourth-order valence-electron chi connectivity index (χ4n) is 5.68. The van der Waals surface area contributed by atoms with E-state index >= 15 is 0 Å². The van der Waals surface area contributed by atoms with Gasteiger partial charge in [0.05, 0.1) is 21.3 Å². The molecule has 0 amide bonds. The van der Waals surface area contributed by atoms with E-state index in [1.54, 1.807) is 12.1 Å². The summed E-state index contributed by atoms with van der Waals surface area (Å²) in [5.41, 5.74) is 2.22. The molecule has 0 bridgehead atoms. The van der Waals surface area contributed by atoms with Crippen molar-refractivity contribution in [2.24, 2.45) is 0 Å². The van der Waals surface area contributed by atoms with Gasteiger partial charge in [-0.2, -0.15) is 0 Å². The molecule has 0 radical (unpaired) electrons. The Morgan fingerprint density at radius 2 is 0.900 bits per heavy atom. The van der Waals surface area contributed by atoms with E-state index in [2.05, 4.69) is 39.8 Å². The Hall–Kier alpha value is -1.66. The van der Waals surface area contributed by atoms with Crippen molar-refractivity contribution in [3.8, 4) is 0 Å². The molecule has 0 aromatic heterocycles. The molecule has 4 nitrogen and oxygen atoms in total.